The molecule has 17 heavy (non-hydrogen) atoms. The first-order chi connectivity index (χ1) is 7.91. The highest BCUT2D eigenvalue weighted by molar-refractivity contribution is 7.80. The van der Waals surface area contributed by atoms with E-state index in [1.54, 1.807) is 4.90 Å². The van der Waals surface area contributed by atoms with Crippen LogP contribution < -0.4 is 5.73 Å². The van der Waals surface area contributed by atoms with Crippen LogP contribution in [0.3, 0.4) is 0 Å². The Bertz CT molecular complexity index is 295. The second-order valence-corrected chi connectivity index (χ2v) is 5.63. The molecule has 98 valence electrons. The van der Waals surface area contributed by atoms with E-state index in [-0.39, 0.29) is 11.9 Å². The van der Waals surface area contributed by atoms with E-state index >= 15 is 0 Å². The average Bonchev–Trinajstić information content (AvgIpc) is 2.27. The molecule has 2 atom stereocenters. The first-order valence-corrected chi connectivity index (χ1v) is 6.62. The molecule has 0 spiro atoms. The van der Waals surface area contributed by atoms with Crippen molar-refractivity contribution in [3.05, 3.63) is 0 Å². The summed E-state index contributed by atoms with van der Waals surface area (Å²) in [5.74, 6) is 0.676. The van der Waals surface area contributed by atoms with Crippen LogP contribution in [0.15, 0.2) is 0 Å². The molecular formula is C12H23N3OS. The summed E-state index contributed by atoms with van der Waals surface area (Å²) in [5, 5.41) is 0. The molecule has 5 heteroatoms. The second kappa shape index (κ2) is 6.19. The van der Waals surface area contributed by atoms with E-state index in [1.807, 2.05) is 18.9 Å². The summed E-state index contributed by atoms with van der Waals surface area (Å²) in [7, 11) is 1.82. The fourth-order valence-corrected chi connectivity index (χ4v) is 2.26. The Balaban J connectivity index is 2.48. The lowest BCUT2D eigenvalue weighted by atomic mass is 10.0. The van der Waals surface area contributed by atoms with Crippen LogP contribution >= 0.6 is 12.2 Å². The molecule has 2 unspecified atom stereocenters. The van der Waals surface area contributed by atoms with Crippen molar-refractivity contribution in [1.82, 2.24) is 9.80 Å². The van der Waals surface area contributed by atoms with Gasteiger partial charge in [-0.3, -0.25) is 0 Å². The maximum absolute atomic E-state index is 12.2. The van der Waals surface area contributed by atoms with Gasteiger partial charge in [-0.2, -0.15) is 0 Å². The van der Waals surface area contributed by atoms with Crippen LogP contribution in [-0.4, -0.2) is 47.5 Å². The Kier molecular flexibility index (Phi) is 5.18. The van der Waals surface area contributed by atoms with Crippen molar-refractivity contribution in [3.63, 3.8) is 0 Å². The van der Waals surface area contributed by atoms with Gasteiger partial charge in [0.15, 0.2) is 0 Å². The van der Waals surface area contributed by atoms with Crippen molar-refractivity contribution in [2.24, 2.45) is 17.6 Å². The predicted octanol–water partition coefficient (Wildman–Crippen LogP) is 1.69. The normalized spacial score (nSPS) is 22.1. The first-order valence-electron chi connectivity index (χ1n) is 6.21. The molecule has 0 aliphatic carbocycles. The molecule has 0 bridgehead atoms. The first kappa shape index (κ1) is 14.2. The lowest BCUT2D eigenvalue weighted by molar-refractivity contribution is 0.137. The summed E-state index contributed by atoms with van der Waals surface area (Å²) >= 11 is 4.92. The number of urea groups is 1. The molecule has 1 fully saturated rings. The molecule has 4 nitrogen and oxygen atoms in total. The summed E-state index contributed by atoms with van der Waals surface area (Å²) in [6.45, 7) is 6.47. The second-order valence-electron chi connectivity index (χ2n) is 5.16. The van der Waals surface area contributed by atoms with E-state index < -0.39 is 0 Å². The van der Waals surface area contributed by atoms with Gasteiger partial charge in [-0.25, -0.2) is 4.79 Å². The number of rotatable bonds is 3. The van der Waals surface area contributed by atoms with Crippen LogP contribution in [0.25, 0.3) is 0 Å². The van der Waals surface area contributed by atoms with E-state index in [4.69, 9.17) is 18.0 Å². The third-order valence-corrected chi connectivity index (χ3v) is 3.69. The van der Waals surface area contributed by atoms with E-state index in [9.17, 15) is 4.79 Å². The van der Waals surface area contributed by atoms with Crippen LogP contribution in [0.1, 0.15) is 26.7 Å². The Hall–Kier alpha value is -0.840. The fraction of sp³-hybridized carbons (Fsp3) is 0.833. The van der Waals surface area contributed by atoms with E-state index in [1.165, 1.54) is 6.42 Å². The van der Waals surface area contributed by atoms with E-state index in [0.29, 0.717) is 17.5 Å². The molecule has 1 rings (SSSR count). The topological polar surface area (TPSA) is 49.6 Å². The van der Waals surface area contributed by atoms with Gasteiger partial charge < -0.3 is 15.5 Å². The Labute approximate surface area is 109 Å². The highest BCUT2D eigenvalue weighted by atomic mass is 32.1. The molecule has 2 amide bonds. The lowest BCUT2D eigenvalue weighted by Gasteiger charge is -2.34. The zero-order chi connectivity index (χ0) is 13.0. The van der Waals surface area contributed by atoms with Gasteiger partial charge in [0.1, 0.15) is 0 Å². The summed E-state index contributed by atoms with van der Waals surface area (Å²) < 4.78 is 0. The third kappa shape index (κ3) is 4.15. The molecular weight excluding hydrogens is 234 g/mol. The minimum Gasteiger partial charge on any atom is -0.393 e. The molecule has 0 radical (unpaired) electrons. The predicted molar refractivity (Wildman–Crippen MR) is 73.9 cm³/mol. The van der Waals surface area contributed by atoms with Gasteiger partial charge in [0.05, 0.1) is 4.99 Å². The van der Waals surface area contributed by atoms with Crippen LogP contribution in [0.4, 0.5) is 4.79 Å². The quantitative estimate of drug-likeness (QED) is 0.783. The SMILES string of the molecule is CC1CCCN(C(=O)N(C)CC(C)C(N)=S)C1. The van der Waals surface area contributed by atoms with Crippen LogP contribution in [0.5, 0.6) is 0 Å². The van der Waals surface area contributed by atoms with Gasteiger partial charge in [-0.15, -0.1) is 0 Å². The zero-order valence-electron chi connectivity index (χ0n) is 11.0. The number of amides is 2. The van der Waals surface area contributed by atoms with E-state index in [0.717, 1.165) is 19.5 Å². The standard InChI is InChI=1S/C12H23N3OS/c1-9-5-4-6-15(7-9)12(16)14(3)8-10(2)11(13)17/h9-10H,4-8H2,1-3H3,(H2,13,17). The number of likely N-dealkylation sites (tertiary alicyclic amines) is 1. The molecule has 0 aromatic rings. The number of carbonyl (C=O) groups excluding carboxylic acids is 1. The number of hydrogen-bond donors (Lipinski definition) is 1. The molecule has 0 saturated carbocycles. The molecule has 1 saturated heterocycles. The van der Waals surface area contributed by atoms with Gasteiger partial charge >= 0.3 is 6.03 Å². The zero-order valence-corrected chi connectivity index (χ0v) is 11.8. The van der Waals surface area contributed by atoms with Gasteiger partial charge in [-0.1, -0.05) is 26.1 Å². The average molecular weight is 257 g/mol. The van der Waals surface area contributed by atoms with Crippen molar-refractivity contribution < 1.29 is 4.79 Å². The van der Waals surface area contributed by atoms with Crippen molar-refractivity contribution >= 4 is 23.2 Å². The van der Waals surface area contributed by atoms with Gasteiger partial charge in [0.25, 0.3) is 0 Å². The minimum absolute atomic E-state index is 0.0705. The smallest absolute Gasteiger partial charge is 0.319 e. The monoisotopic (exact) mass is 257 g/mol. The maximum Gasteiger partial charge on any atom is 0.319 e. The molecule has 1 aliphatic rings. The molecule has 2 N–H and O–H groups in total. The van der Waals surface area contributed by atoms with Crippen molar-refractivity contribution in [2.45, 2.75) is 26.7 Å². The summed E-state index contributed by atoms with van der Waals surface area (Å²) in [6, 6.07) is 0.0969. The summed E-state index contributed by atoms with van der Waals surface area (Å²) in [6.07, 6.45) is 2.32. The Morgan fingerprint density at radius 1 is 1.65 bits per heavy atom. The lowest BCUT2D eigenvalue weighted by Crippen LogP contribution is -2.47. The molecule has 0 aromatic carbocycles. The van der Waals surface area contributed by atoms with Gasteiger partial charge in [0, 0.05) is 32.6 Å². The molecule has 0 aromatic heterocycles. The third-order valence-electron chi connectivity index (χ3n) is 3.29. The van der Waals surface area contributed by atoms with Crippen molar-refractivity contribution in [3.8, 4) is 0 Å². The highest BCUT2D eigenvalue weighted by Crippen LogP contribution is 2.16. The summed E-state index contributed by atoms with van der Waals surface area (Å²) in [4.78, 5) is 16.3. The van der Waals surface area contributed by atoms with Gasteiger partial charge in [0.2, 0.25) is 0 Å². The fourth-order valence-electron chi connectivity index (χ4n) is 2.18. The largest absolute Gasteiger partial charge is 0.393 e. The number of nitrogens with zero attached hydrogens (tertiary/aromatic N) is 2. The minimum atomic E-state index is 0.0705. The number of piperidine rings is 1. The number of carbonyl (C=O) groups is 1. The molecule has 1 heterocycles. The van der Waals surface area contributed by atoms with Crippen LogP contribution in [-0.2, 0) is 0 Å². The maximum atomic E-state index is 12.2. The highest BCUT2D eigenvalue weighted by Gasteiger charge is 2.24. The molecule has 1 aliphatic heterocycles. The summed E-state index contributed by atoms with van der Waals surface area (Å²) in [5.41, 5.74) is 5.56. The number of hydrogen-bond acceptors (Lipinski definition) is 2. The van der Waals surface area contributed by atoms with Crippen molar-refractivity contribution in [1.29, 1.82) is 0 Å². The van der Waals surface area contributed by atoms with E-state index in [2.05, 4.69) is 6.92 Å². The Morgan fingerprint density at radius 3 is 2.82 bits per heavy atom. The number of nitrogens with two attached hydrogens (primary N) is 1. The number of thiocarbonyl (C=S) groups is 1. The van der Waals surface area contributed by atoms with Crippen molar-refractivity contribution in [2.75, 3.05) is 26.7 Å². The Morgan fingerprint density at radius 2 is 2.29 bits per heavy atom. The van der Waals surface area contributed by atoms with Crippen LogP contribution in [0, 0.1) is 11.8 Å². The van der Waals surface area contributed by atoms with Gasteiger partial charge in [-0.05, 0) is 18.8 Å². The van der Waals surface area contributed by atoms with Crippen LogP contribution in [0.2, 0.25) is 0 Å².